The van der Waals surface area contributed by atoms with Crippen molar-refractivity contribution in [1.82, 2.24) is 9.47 Å². The summed E-state index contributed by atoms with van der Waals surface area (Å²) in [6, 6.07) is 8.00. The van der Waals surface area contributed by atoms with Crippen molar-refractivity contribution in [2.75, 3.05) is 13.1 Å². The number of carbonyl (C=O) groups is 2. The molecular formula is C18H21BrN2O3. The van der Waals surface area contributed by atoms with Crippen molar-refractivity contribution in [1.29, 1.82) is 0 Å². The molecule has 1 saturated heterocycles. The number of carboxylic acids is 1. The van der Waals surface area contributed by atoms with Crippen molar-refractivity contribution in [3.63, 3.8) is 0 Å². The summed E-state index contributed by atoms with van der Waals surface area (Å²) in [6.07, 6.45) is 0.525. The van der Waals surface area contributed by atoms with E-state index in [2.05, 4.69) is 15.9 Å². The van der Waals surface area contributed by atoms with Crippen LogP contribution in [0.25, 0.3) is 10.9 Å². The summed E-state index contributed by atoms with van der Waals surface area (Å²) in [5.41, 5.74) is 2.06. The first kappa shape index (κ1) is 17.0. The number of fused-ring (bicyclic) bond motifs is 1. The molecule has 128 valence electrons. The molecule has 24 heavy (non-hydrogen) atoms. The molecule has 1 N–H and O–H groups in total. The second kappa shape index (κ2) is 6.59. The minimum Gasteiger partial charge on any atom is -0.481 e. The third kappa shape index (κ3) is 2.95. The number of amides is 1. The maximum atomic E-state index is 12.7. The van der Waals surface area contributed by atoms with Gasteiger partial charge in [-0.15, -0.1) is 0 Å². The van der Waals surface area contributed by atoms with E-state index in [1.54, 1.807) is 4.90 Å². The van der Waals surface area contributed by atoms with Crippen molar-refractivity contribution < 1.29 is 14.7 Å². The van der Waals surface area contributed by atoms with Crippen molar-refractivity contribution in [2.24, 2.45) is 11.8 Å². The molecule has 1 amide bonds. The highest BCUT2D eigenvalue weighted by atomic mass is 79.9. The van der Waals surface area contributed by atoms with Gasteiger partial charge in [0.05, 0.1) is 5.92 Å². The SMILES string of the molecule is Cc1c(Br)c2ccccc2n1CC(=O)N1CCC(C(=O)O)C(C)C1. The molecule has 0 spiro atoms. The lowest BCUT2D eigenvalue weighted by Gasteiger charge is -2.35. The minimum atomic E-state index is -0.759. The fourth-order valence-electron chi connectivity index (χ4n) is 3.57. The molecule has 2 heterocycles. The zero-order valence-corrected chi connectivity index (χ0v) is 15.4. The number of likely N-dealkylation sites (tertiary alicyclic amines) is 1. The highest BCUT2D eigenvalue weighted by Gasteiger charge is 2.33. The maximum absolute atomic E-state index is 12.7. The first-order valence-corrected chi connectivity index (χ1v) is 8.93. The predicted molar refractivity (Wildman–Crippen MR) is 95.9 cm³/mol. The number of rotatable bonds is 3. The zero-order valence-electron chi connectivity index (χ0n) is 13.8. The van der Waals surface area contributed by atoms with Gasteiger partial charge >= 0.3 is 5.97 Å². The Labute approximate surface area is 149 Å². The lowest BCUT2D eigenvalue weighted by Crippen LogP contribution is -2.46. The van der Waals surface area contributed by atoms with Crippen LogP contribution in [0.4, 0.5) is 0 Å². The summed E-state index contributed by atoms with van der Waals surface area (Å²) < 4.78 is 3.04. The molecule has 1 fully saturated rings. The maximum Gasteiger partial charge on any atom is 0.306 e. The topological polar surface area (TPSA) is 62.5 Å². The number of aliphatic carboxylic acids is 1. The number of hydrogen-bond acceptors (Lipinski definition) is 2. The van der Waals surface area contributed by atoms with Crippen LogP contribution < -0.4 is 0 Å². The van der Waals surface area contributed by atoms with Gasteiger partial charge in [0, 0.05) is 34.2 Å². The molecule has 1 aliphatic heterocycles. The Morgan fingerprint density at radius 1 is 1.33 bits per heavy atom. The monoisotopic (exact) mass is 392 g/mol. The molecule has 0 aliphatic carbocycles. The standard InChI is InChI=1S/C18H21BrN2O3/c1-11-9-20(8-7-13(11)18(23)24)16(22)10-21-12(2)17(19)14-5-3-4-6-15(14)21/h3-6,11,13H,7-10H2,1-2H3,(H,23,24). The third-order valence-electron chi connectivity index (χ3n) is 5.02. The van der Waals surface area contributed by atoms with Crippen LogP contribution in [0.1, 0.15) is 19.0 Å². The summed E-state index contributed by atoms with van der Waals surface area (Å²) in [7, 11) is 0. The van der Waals surface area contributed by atoms with Crippen molar-refractivity contribution in [3.05, 3.63) is 34.4 Å². The summed E-state index contributed by atoms with van der Waals surface area (Å²) in [5, 5.41) is 10.3. The predicted octanol–water partition coefficient (Wildman–Crippen LogP) is 3.28. The molecule has 0 bridgehead atoms. The van der Waals surface area contributed by atoms with Crippen LogP contribution in [-0.2, 0) is 16.1 Å². The van der Waals surface area contributed by atoms with E-state index in [1.165, 1.54) is 0 Å². The number of hydrogen-bond donors (Lipinski definition) is 1. The van der Waals surface area contributed by atoms with Crippen molar-refractivity contribution >= 4 is 38.7 Å². The van der Waals surface area contributed by atoms with E-state index in [9.17, 15) is 14.7 Å². The van der Waals surface area contributed by atoms with E-state index in [-0.39, 0.29) is 24.3 Å². The highest BCUT2D eigenvalue weighted by molar-refractivity contribution is 9.10. The van der Waals surface area contributed by atoms with Gasteiger partial charge in [0.1, 0.15) is 6.54 Å². The third-order valence-corrected chi connectivity index (χ3v) is 6.02. The van der Waals surface area contributed by atoms with Crippen LogP contribution in [0.2, 0.25) is 0 Å². The van der Waals surface area contributed by atoms with Crippen molar-refractivity contribution in [2.45, 2.75) is 26.8 Å². The summed E-state index contributed by atoms with van der Waals surface area (Å²) in [4.78, 5) is 25.7. The van der Waals surface area contributed by atoms with E-state index >= 15 is 0 Å². The first-order chi connectivity index (χ1) is 11.4. The van der Waals surface area contributed by atoms with Gasteiger partial charge in [-0.3, -0.25) is 9.59 Å². The molecule has 2 unspecified atom stereocenters. The van der Waals surface area contributed by atoms with Crippen LogP contribution in [0.3, 0.4) is 0 Å². The molecule has 5 nitrogen and oxygen atoms in total. The second-order valence-corrected chi connectivity index (χ2v) is 7.35. The lowest BCUT2D eigenvalue weighted by molar-refractivity contribution is -0.148. The molecule has 6 heteroatoms. The van der Waals surface area contributed by atoms with Gasteiger partial charge < -0.3 is 14.6 Å². The second-order valence-electron chi connectivity index (χ2n) is 6.55. The van der Waals surface area contributed by atoms with Gasteiger partial charge in [-0.25, -0.2) is 0 Å². The average Bonchev–Trinajstić information content (AvgIpc) is 2.80. The van der Waals surface area contributed by atoms with Gasteiger partial charge in [-0.1, -0.05) is 25.1 Å². The van der Waals surface area contributed by atoms with Gasteiger partial charge in [0.25, 0.3) is 0 Å². The molecule has 3 rings (SSSR count). The smallest absolute Gasteiger partial charge is 0.306 e. The Hall–Kier alpha value is -1.82. The van der Waals surface area contributed by atoms with Gasteiger partial charge in [-0.2, -0.15) is 0 Å². The lowest BCUT2D eigenvalue weighted by atomic mass is 9.87. The Morgan fingerprint density at radius 2 is 2.04 bits per heavy atom. The van der Waals surface area contributed by atoms with Crippen LogP contribution in [0, 0.1) is 18.8 Å². The normalized spacial score (nSPS) is 21.2. The number of benzene rings is 1. The summed E-state index contributed by atoms with van der Waals surface area (Å²) in [6.45, 7) is 5.21. The highest BCUT2D eigenvalue weighted by Crippen LogP contribution is 2.31. The number of halogens is 1. The minimum absolute atomic E-state index is 0.0190. The van der Waals surface area contributed by atoms with Crippen molar-refractivity contribution in [3.8, 4) is 0 Å². The average molecular weight is 393 g/mol. The number of nitrogens with zero attached hydrogens (tertiary/aromatic N) is 2. The van der Waals surface area contributed by atoms with Crippen LogP contribution in [-0.4, -0.2) is 39.5 Å². The van der Waals surface area contributed by atoms with Gasteiger partial charge in [-0.05, 0) is 41.3 Å². The molecule has 2 atom stereocenters. The fraction of sp³-hybridized carbons (Fsp3) is 0.444. The van der Waals surface area contributed by atoms with E-state index in [1.807, 2.05) is 42.7 Å². The number of aromatic nitrogens is 1. The Kier molecular flexibility index (Phi) is 4.67. The largest absolute Gasteiger partial charge is 0.481 e. The van der Waals surface area contributed by atoms with Crippen LogP contribution in [0.5, 0.6) is 0 Å². The first-order valence-electron chi connectivity index (χ1n) is 8.14. The molecular weight excluding hydrogens is 372 g/mol. The van der Waals surface area contributed by atoms with Gasteiger partial charge in [0.15, 0.2) is 0 Å². The Balaban J connectivity index is 1.79. The Bertz CT molecular complexity index is 799. The molecule has 2 aromatic rings. The quantitative estimate of drug-likeness (QED) is 0.871. The Morgan fingerprint density at radius 3 is 2.71 bits per heavy atom. The number of carbonyl (C=O) groups excluding carboxylic acids is 1. The fourth-order valence-corrected chi connectivity index (χ4v) is 4.12. The number of para-hydroxylation sites is 1. The van der Waals surface area contributed by atoms with E-state index in [0.717, 1.165) is 21.1 Å². The van der Waals surface area contributed by atoms with E-state index < -0.39 is 5.97 Å². The molecule has 1 aromatic carbocycles. The summed E-state index contributed by atoms with van der Waals surface area (Å²) >= 11 is 3.61. The summed E-state index contributed by atoms with van der Waals surface area (Å²) in [5.74, 6) is -1.08. The van der Waals surface area contributed by atoms with Gasteiger partial charge in [0.2, 0.25) is 5.91 Å². The van der Waals surface area contributed by atoms with E-state index in [4.69, 9.17) is 0 Å². The molecule has 0 saturated carbocycles. The van der Waals surface area contributed by atoms with Crippen LogP contribution >= 0.6 is 15.9 Å². The van der Waals surface area contributed by atoms with E-state index in [0.29, 0.717) is 19.5 Å². The molecule has 1 aromatic heterocycles. The molecule has 1 aliphatic rings. The molecule has 0 radical (unpaired) electrons. The zero-order chi connectivity index (χ0) is 17.4. The van der Waals surface area contributed by atoms with Crippen LogP contribution in [0.15, 0.2) is 28.7 Å². The number of piperidine rings is 1. The number of carboxylic acid groups (broad SMARTS) is 1.